The lowest BCUT2D eigenvalue weighted by atomic mass is 10.1. The number of oxazole rings is 1. The van der Waals surface area contributed by atoms with Crippen LogP contribution in [0.25, 0.3) is 22.8 Å². The molecule has 0 saturated carbocycles. The van der Waals surface area contributed by atoms with Gasteiger partial charge in [0.2, 0.25) is 5.89 Å². The maximum absolute atomic E-state index is 11.3. The first-order valence-corrected chi connectivity index (χ1v) is 6.97. The third kappa shape index (κ3) is 2.87. The monoisotopic (exact) mass is 324 g/mol. The quantitative estimate of drug-likeness (QED) is 0.403. The second-order valence-corrected chi connectivity index (χ2v) is 4.88. The van der Waals surface area contributed by atoms with E-state index in [2.05, 4.69) is 4.98 Å². The molecule has 120 valence electrons. The molecule has 7 nitrogen and oxygen atoms in total. The zero-order chi connectivity index (χ0) is 17.1. The standard InChI is InChI=1S/C17H12N2O5/c1-23-14-8-4-12(5-9-14)17-18-15(10-20)16(24-17)11-2-6-13(7-3-11)19(21)22/h2-10H,1H3. The van der Waals surface area contributed by atoms with Crippen LogP contribution in [0.3, 0.4) is 0 Å². The van der Waals surface area contributed by atoms with Gasteiger partial charge in [0.15, 0.2) is 17.7 Å². The number of carbonyl (C=O) groups is 1. The van der Waals surface area contributed by atoms with Crippen molar-refractivity contribution in [3.63, 3.8) is 0 Å². The van der Waals surface area contributed by atoms with Crippen molar-refractivity contribution < 1.29 is 18.9 Å². The molecular formula is C17H12N2O5. The van der Waals surface area contributed by atoms with Gasteiger partial charge < -0.3 is 9.15 Å². The van der Waals surface area contributed by atoms with Gasteiger partial charge in [0.1, 0.15) is 5.75 Å². The van der Waals surface area contributed by atoms with E-state index in [4.69, 9.17) is 9.15 Å². The third-order valence-electron chi connectivity index (χ3n) is 3.44. The molecule has 3 rings (SSSR count). The highest BCUT2D eigenvalue weighted by Gasteiger charge is 2.17. The lowest BCUT2D eigenvalue weighted by molar-refractivity contribution is -0.384. The maximum Gasteiger partial charge on any atom is 0.269 e. The molecule has 3 aromatic rings. The lowest BCUT2D eigenvalue weighted by Gasteiger charge is -2.00. The van der Waals surface area contributed by atoms with E-state index >= 15 is 0 Å². The van der Waals surface area contributed by atoms with E-state index < -0.39 is 4.92 Å². The summed E-state index contributed by atoms with van der Waals surface area (Å²) < 4.78 is 10.8. The minimum atomic E-state index is -0.492. The Bertz CT molecular complexity index is 882. The SMILES string of the molecule is COc1ccc(-c2nc(C=O)c(-c3ccc([N+](=O)[O-])cc3)o2)cc1. The Labute approximate surface area is 136 Å². The summed E-state index contributed by atoms with van der Waals surface area (Å²) >= 11 is 0. The van der Waals surface area contributed by atoms with E-state index in [1.807, 2.05) is 0 Å². The summed E-state index contributed by atoms with van der Waals surface area (Å²) in [5.41, 5.74) is 1.32. The third-order valence-corrected chi connectivity index (χ3v) is 3.44. The molecule has 0 unspecified atom stereocenters. The van der Waals surface area contributed by atoms with Crippen molar-refractivity contribution in [1.29, 1.82) is 0 Å². The van der Waals surface area contributed by atoms with Crippen LogP contribution < -0.4 is 4.74 Å². The van der Waals surface area contributed by atoms with Crippen LogP contribution in [0.2, 0.25) is 0 Å². The molecule has 0 saturated heterocycles. The van der Waals surface area contributed by atoms with Gasteiger partial charge >= 0.3 is 0 Å². The second kappa shape index (κ2) is 6.33. The number of nitro groups is 1. The van der Waals surface area contributed by atoms with Crippen molar-refractivity contribution in [2.24, 2.45) is 0 Å². The normalized spacial score (nSPS) is 10.4. The fraction of sp³-hybridized carbons (Fsp3) is 0.0588. The van der Waals surface area contributed by atoms with Gasteiger partial charge in [-0.15, -0.1) is 0 Å². The number of non-ortho nitro benzene ring substituents is 1. The Morgan fingerprint density at radius 1 is 1.08 bits per heavy atom. The summed E-state index contributed by atoms with van der Waals surface area (Å²) in [6.07, 6.45) is 0.591. The smallest absolute Gasteiger partial charge is 0.269 e. The molecule has 0 radical (unpaired) electrons. The Morgan fingerprint density at radius 3 is 2.25 bits per heavy atom. The summed E-state index contributed by atoms with van der Waals surface area (Å²) in [4.78, 5) is 25.7. The van der Waals surface area contributed by atoms with Crippen LogP contribution in [0.1, 0.15) is 10.5 Å². The number of nitrogens with zero attached hydrogens (tertiary/aromatic N) is 2. The van der Waals surface area contributed by atoms with Gasteiger partial charge in [-0.2, -0.15) is 0 Å². The maximum atomic E-state index is 11.3. The molecule has 0 atom stereocenters. The predicted molar refractivity (Wildman–Crippen MR) is 86.0 cm³/mol. The number of benzene rings is 2. The number of aldehydes is 1. The minimum absolute atomic E-state index is 0.0405. The van der Waals surface area contributed by atoms with E-state index in [-0.39, 0.29) is 23.0 Å². The summed E-state index contributed by atoms with van der Waals surface area (Å²) in [5.74, 6) is 1.25. The van der Waals surface area contributed by atoms with Gasteiger partial charge in [-0.3, -0.25) is 14.9 Å². The van der Waals surface area contributed by atoms with Crippen molar-refractivity contribution in [2.45, 2.75) is 0 Å². The van der Waals surface area contributed by atoms with Crippen molar-refractivity contribution in [3.05, 3.63) is 64.3 Å². The minimum Gasteiger partial charge on any atom is -0.497 e. The molecule has 1 aromatic heterocycles. The van der Waals surface area contributed by atoms with Crippen LogP contribution in [0.15, 0.2) is 52.9 Å². The Balaban J connectivity index is 2.00. The van der Waals surface area contributed by atoms with Crippen molar-refractivity contribution in [3.8, 4) is 28.5 Å². The topological polar surface area (TPSA) is 95.5 Å². The molecule has 24 heavy (non-hydrogen) atoms. The Kier molecular flexibility index (Phi) is 4.07. The molecule has 0 N–H and O–H groups in total. The zero-order valence-corrected chi connectivity index (χ0v) is 12.6. The molecule has 2 aromatic carbocycles. The van der Waals surface area contributed by atoms with Crippen LogP contribution in [-0.2, 0) is 0 Å². The van der Waals surface area contributed by atoms with E-state index in [0.717, 1.165) is 0 Å². The fourth-order valence-electron chi connectivity index (χ4n) is 2.21. The van der Waals surface area contributed by atoms with Gasteiger partial charge in [-0.05, 0) is 36.4 Å². The van der Waals surface area contributed by atoms with Crippen LogP contribution in [0.5, 0.6) is 5.75 Å². The Morgan fingerprint density at radius 2 is 1.71 bits per heavy atom. The molecule has 0 bridgehead atoms. The number of hydrogen-bond acceptors (Lipinski definition) is 6. The Hall–Kier alpha value is -3.48. The fourth-order valence-corrected chi connectivity index (χ4v) is 2.21. The predicted octanol–water partition coefficient (Wildman–Crippen LogP) is 3.74. The first kappa shape index (κ1) is 15.4. The van der Waals surface area contributed by atoms with Gasteiger partial charge in [-0.25, -0.2) is 4.98 Å². The molecule has 7 heteroatoms. The van der Waals surface area contributed by atoms with Gasteiger partial charge in [-0.1, -0.05) is 0 Å². The molecule has 0 aliphatic carbocycles. The number of aromatic nitrogens is 1. The summed E-state index contributed by atoms with van der Waals surface area (Å²) in [6.45, 7) is 0. The van der Waals surface area contributed by atoms with Crippen LogP contribution in [-0.4, -0.2) is 23.3 Å². The second-order valence-electron chi connectivity index (χ2n) is 4.88. The highest BCUT2D eigenvalue weighted by Crippen LogP contribution is 2.30. The zero-order valence-electron chi connectivity index (χ0n) is 12.6. The van der Waals surface area contributed by atoms with E-state index in [1.165, 1.54) is 24.3 Å². The summed E-state index contributed by atoms with van der Waals surface area (Å²) in [7, 11) is 1.57. The van der Waals surface area contributed by atoms with Crippen LogP contribution >= 0.6 is 0 Å². The number of rotatable bonds is 5. The molecule has 0 amide bonds. The van der Waals surface area contributed by atoms with E-state index in [9.17, 15) is 14.9 Å². The van der Waals surface area contributed by atoms with Gasteiger partial charge in [0.25, 0.3) is 5.69 Å². The van der Waals surface area contributed by atoms with Gasteiger partial charge in [0.05, 0.1) is 12.0 Å². The first-order chi connectivity index (χ1) is 11.6. The first-order valence-electron chi connectivity index (χ1n) is 6.97. The van der Waals surface area contributed by atoms with Crippen molar-refractivity contribution >= 4 is 12.0 Å². The van der Waals surface area contributed by atoms with Gasteiger partial charge in [0, 0.05) is 23.3 Å². The molecule has 0 aliphatic rings. The van der Waals surface area contributed by atoms with Crippen molar-refractivity contribution in [2.75, 3.05) is 7.11 Å². The average Bonchev–Trinajstić information content (AvgIpc) is 3.06. The van der Waals surface area contributed by atoms with Crippen LogP contribution in [0, 0.1) is 10.1 Å². The number of methoxy groups -OCH3 is 1. The van der Waals surface area contributed by atoms with E-state index in [0.29, 0.717) is 23.2 Å². The number of carbonyl (C=O) groups excluding carboxylic acids is 1. The summed E-state index contributed by atoms with van der Waals surface area (Å²) in [5, 5.41) is 10.7. The van der Waals surface area contributed by atoms with E-state index in [1.54, 1.807) is 31.4 Å². The van der Waals surface area contributed by atoms with Crippen LogP contribution in [0.4, 0.5) is 5.69 Å². The highest BCUT2D eigenvalue weighted by molar-refractivity contribution is 5.84. The molecule has 1 heterocycles. The number of ether oxygens (including phenoxy) is 1. The highest BCUT2D eigenvalue weighted by atomic mass is 16.6. The largest absolute Gasteiger partial charge is 0.497 e. The molecule has 0 spiro atoms. The molecule has 0 fully saturated rings. The summed E-state index contributed by atoms with van der Waals surface area (Å²) in [6, 6.07) is 12.8. The molecular weight excluding hydrogens is 312 g/mol. The number of hydrogen-bond donors (Lipinski definition) is 0. The lowest BCUT2D eigenvalue weighted by Crippen LogP contribution is -1.88. The average molecular weight is 324 g/mol. The number of nitro benzene ring substituents is 1. The van der Waals surface area contributed by atoms with Crippen molar-refractivity contribution in [1.82, 2.24) is 4.98 Å². The molecule has 0 aliphatic heterocycles.